The van der Waals surface area contributed by atoms with E-state index in [1.807, 2.05) is 0 Å². The number of hydrogen-bond acceptors (Lipinski definition) is 3. The summed E-state index contributed by atoms with van der Waals surface area (Å²) in [6.45, 7) is 0. The average Bonchev–Trinajstić information content (AvgIpc) is 2.05. The maximum Gasteiger partial charge on any atom is 0.147 e. The Hall–Kier alpha value is -0.100. The fraction of sp³-hybridized carbons (Fsp3) is 0.143. The van der Waals surface area contributed by atoms with E-state index in [9.17, 15) is 4.39 Å². The summed E-state index contributed by atoms with van der Waals surface area (Å²) in [5.41, 5.74) is 0.433. The molecule has 1 aromatic carbocycles. The molecule has 1 aromatic rings. The summed E-state index contributed by atoms with van der Waals surface area (Å²) in [6, 6.07) is 6.38. The molecule has 0 aliphatic heterocycles. The molecule has 0 N–H and O–H groups in total. The Balaban J connectivity index is 0.00000144. The summed E-state index contributed by atoms with van der Waals surface area (Å²) in [6.07, 6.45) is 0. The number of benzene rings is 1. The molecule has 2 nitrogen and oxygen atoms in total. The fourth-order valence-electron chi connectivity index (χ4n) is 0.790. The Labute approximate surface area is 93.0 Å². The predicted molar refractivity (Wildman–Crippen MR) is 59.7 cm³/mol. The molecular weight excluding hydrogens is 233 g/mol. The van der Waals surface area contributed by atoms with Crippen molar-refractivity contribution in [3.63, 3.8) is 0 Å². The molecule has 0 saturated heterocycles. The van der Waals surface area contributed by atoms with E-state index in [1.54, 1.807) is 25.2 Å². The summed E-state index contributed by atoms with van der Waals surface area (Å²) in [7, 11) is 1.66. The normalized spacial score (nSPS) is 9.15. The molecule has 0 heterocycles. The van der Waals surface area contributed by atoms with E-state index in [2.05, 4.69) is 3.74 Å². The van der Waals surface area contributed by atoms with Gasteiger partial charge in [-0.15, -0.1) is 0 Å². The lowest BCUT2D eigenvalue weighted by Gasteiger charge is -2.14. The van der Waals surface area contributed by atoms with E-state index in [0.717, 1.165) is 12.2 Å². The van der Waals surface area contributed by atoms with E-state index in [1.165, 1.54) is 10.4 Å². The monoisotopic (exact) mass is 241 g/mol. The standard InChI is InChI=1S/C7H7ClFNOS.H2S/c1-10(12-11-8)7-5-3-2-4-6(7)9;/h2-5H,1H3;1H2. The molecule has 0 amide bonds. The Morgan fingerprint density at radius 2 is 2.08 bits per heavy atom. The molecule has 0 radical (unpaired) electrons. The van der Waals surface area contributed by atoms with Gasteiger partial charge in [-0.05, 0) is 12.1 Å². The van der Waals surface area contributed by atoms with Gasteiger partial charge >= 0.3 is 0 Å². The zero-order chi connectivity index (χ0) is 8.97. The first-order valence-electron chi connectivity index (χ1n) is 3.19. The van der Waals surface area contributed by atoms with Gasteiger partial charge < -0.3 is 0 Å². The van der Waals surface area contributed by atoms with Crippen LogP contribution in [0.2, 0.25) is 0 Å². The number of para-hydroxylation sites is 1. The third kappa shape index (κ3) is 3.64. The van der Waals surface area contributed by atoms with Crippen molar-refractivity contribution < 1.29 is 8.13 Å². The number of halogens is 2. The summed E-state index contributed by atoms with van der Waals surface area (Å²) in [4.78, 5) is 0. The van der Waals surface area contributed by atoms with Crippen LogP contribution in [-0.4, -0.2) is 7.05 Å². The van der Waals surface area contributed by atoms with Crippen molar-refractivity contribution in [3.05, 3.63) is 30.1 Å². The fourth-order valence-corrected chi connectivity index (χ4v) is 1.36. The van der Waals surface area contributed by atoms with Gasteiger partial charge in [-0.25, -0.2) is 4.39 Å². The molecular formula is C7H9ClFNOS2. The van der Waals surface area contributed by atoms with Crippen LogP contribution in [0.3, 0.4) is 0 Å². The van der Waals surface area contributed by atoms with Crippen LogP contribution in [0.1, 0.15) is 0 Å². The van der Waals surface area contributed by atoms with Crippen LogP contribution < -0.4 is 4.31 Å². The quantitative estimate of drug-likeness (QED) is 0.596. The summed E-state index contributed by atoms with van der Waals surface area (Å²) < 4.78 is 18.8. The van der Waals surface area contributed by atoms with Gasteiger partial charge in [-0.2, -0.15) is 17.2 Å². The van der Waals surface area contributed by atoms with Gasteiger partial charge in [-0.1, -0.05) is 12.1 Å². The van der Waals surface area contributed by atoms with Crippen LogP contribution >= 0.6 is 37.6 Å². The lowest BCUT2D eigenvalue weighted by atomic mass is 10.3. The Bertz CT molecular complexity index is 264. The smallest absolute Gasteiger partial charge is 0.147 e. The van der Waals surface area contributed by atoms with E-state index in [4.69, 9.17) is 11.9 Å². The van der Waals surface area contributed by atoms with E-state index in [0.29, 0.717) is 5.69 Å². The maximum atomic E-state index is 13.0. The van der Waals surface area contributed by atoms with Crippen molar-refractivity contribution in [2.45, 2.75) is 0 Å². The van der Waals surface area contributed by atoms with E-state index >= 15 is 0 Å². The Morgan fingerprint density at radius 1 is 1.46 bits per heavy atom. The minimum Gasteiger partial charge on any atom is -0.292 e. The molecule has 0 fully saturated rings. The second kappa shape index (κ2) is 6.37. The van der Waals surface area contributed by atoms with Gasteiger partial charge in [0, 0.05) is 7.05 Å². The van der Waals surface area contributed by atoms with Crippen molar-refractivity contribution in [2.24, 2.45) is 0 Å². The predicted octanol–water partition coefficient (Wildman–Crippen LogP) is 3.11. The van der Waals surface area contributed by atoms with Crippen molar-refractivity contribution >= 4 is 43.3 Å². The van der Waals surface area contributed by atoms with Crippen LogP contribution in [0, 0.1) is 5.82 Å². The molecule has 0 aromatic heterocycles. The van der Waals surface area contributed by atoms with Gasteiger partial charge in [0.05, 0.1) is 17.6 Å². The average molecular weight is 242 g/mol. The first-order chi connectivity index (χ1) is 5.75. The van der Waals surface area contributed by atoms with Gasteiger partial charge in [0.1, 0.15) is 18.0 Å². The van der Waals surface area contributed by atoms with Crippen molar-refractivity contribution in [1.29, 1.82) is 0 Å². The number of anilines is 1. The molecule has 6 heteroatoms. The number of rotatable bonds is 3. The van der Waals surface area contributed by atoms with Gasteiger partial charge in [0.2, 0.25) is 0 Å². The molecule has 0 unspecified atom stereocenters. The minimum atomic E-state index is -0.304. The van der Waals surface area contributed by atoms with Crippen LogP contribution in [0.5, 0.6) is 0 Å². The van der Waals surface area contributed by atoms with Gasteiger partial charge in [0.15, 0.2) is 0 Å². The van der Waals surface area contributed by atoms with E-state index in [-0.39, 0.29) is 19.3 Å². The highest BCUT2D eigenvalue weighted by molar-refractivity contribution is 7.96. The Kier molecular flexibility index (Phi) is 6.32. The molecule has 0 aliphatic carbocycles. The van der Waals surface area contributed by atoms with Crippen LogP contribution in [-0.2, 0) is 3.74 Å². The number of nitrogens with zero attached hydrogens (tertiary/aromatic N) is 1. The highest BCUT2D eigenvalue weighted by Crippen LogP contribution is 2.24. The lowest BCUT2D eigenvalue weighted by molar-refractivity contribution is 0.628. The maximum absolute atomic E-state index is 13.0. The van der Waals surface area contributed by atoms with Crippen LogP contribution in [0.4, 0.5) is 10.1 Å². The molecule has 0 saturated carbocycles. The zero-order valence-electron chi connectivity index (χ0n) is 6.83. The van der Waals surface area contributed by atoms with Crippen molar-refractivity contribution in [3.8, 4) is 0 Å². The third-order valence-corrected chi connectivity index (χ3v) is 1.98. The molecule has 0 bridgehead atoms. The topological polar surface area (TPSA) is 12.5 Å². The van der Waals surface area contributed by atoms with Crippen LogP contribution in [0.15, 0.2) is 24.3 Å². The summed E-state index contributed by atoms with van der Waals surface area (Å²) in [5, 5.41) is 0. The molecule has 0 spiro atoms. The van der Waals surface area contributed by atoms with E-state index < -0.39 is 0 Å². The Morgan fingerprint density at radius 3 is 2.62 bits per heavy atom. The SMILES string of the molecule is CN(SOCl)c1ccccc1F.S. The number of hydrogen-bond donors (Lipinski definition) is 0. The minimum absolute atomic E-state index is 0. The van der Waals surface area contributed by atoms with Crippen molar-refractivity contribution in [1.82, 2.24) is 0 Å². The highest BCUT2D eigenvalue weighted by atomic mass is 35.5. The van der Waals surface area contributed by atoms with Crippen LogP contribution in [0.25, 0.3) is 0 Å². The van der Waals surface area contributed by atoms with Crippen molar-refractivity contribution in [2.75, 3.05) is 11.4 Å². The zero-order valence-corrected chi connectivity index (χ0v) is 9.40. The largest absolute Gasteiger partial charge is 0.292 e. The second-order valence-corrected chi connectivity index (χ2v) is 3.29. The molecule has 13 heavy (non-hydrogen) atoms. The second-order valence-electron chi connectivity index (χ2n) is 2.09. The summed E-state index contributed by atoms with van der Waals surface area (Å²) in [5.74, 6) is -0.304. The molecule has 1 rings (SSSR count). The van der Waals surface area contributed by atoms with Gasteiger partial charge in [0.25, 0.3) is 0 Å². The first kappa shape index (κ1) is 12.9. The molecule has 0 aliphatic rings. The highest BCUT2D eigenvalue weighted by Gasteiger charge is 2.06. The third-order valence-electron chi connectivity index (χ3n) is 1.33. The van der Waals surface area contributed by atoms with Gasteiger partial charge in [-0.3, -0.25) is 4.31 Å². The molecule has 74 valence electrons. The molecule has 0 atom stereocenters. The first-order valence-corrected chi connectivity index (χ1v) is 4.20. The summed E-state index contributed by atoms with van der Waals surface area (Å²) >= 11 is 5.85. The lowest BCUT2D eigenvalue weighted by Crippen LogP contribution is -2.07.